The predicted octanol–water partition coefficient (Wildman–Crippen LogP) is 5.79. The zero-order valence-corrected chi connectivity index (χ0v) is 16.3. The zero-order chi connectivity index (χ0) is 20.6. The summed E-state index contributed by atoms with van der Waals surface area (Å²) in [6, 6.07) is 38.4. The van der Waals surface area contributed by atoms with Crippen LogP contribution in [0.5, 0.6) is 0 Å². The lowest BCUT2D eigenvalue weighted by Gasteiger charge is -2.29. The molecule has 0 aliphatic rings. The summed E-state index contributed by atoms with van der Waals surface area (Å²) >= 11 is 0. The summed E-state index contributed by atoms with van der Waals surface area (Å²) in [6.07, 6.45) is 0. The molecule has 0 aromatic heterocycles. The van der Waals surface area contributed by atoms with Crippen molar-refractivity contribution < 1.29 is 4.79 Å². The summed E-state index contributed by atoms with van der Waals surface area (Å²) in [5, 5.41) is 3.51. The van der Waals surface area contributed by atoms with Crippen LogP contribution in [0, 0.1) is 0 Å². The van der Waals surface area contributed by atoms with Crippen molar-refractivity contribution in [2.24, 2.45) is 0 Å². The Hall–Kier alpha value is -4.25. The minimum absolute atomic E-state index is 0.365. The summed E-state index contributed by atoms with van der Waals surface area (Å²) in [4.78, 5) is 13.1. The van der Waals surface area contributed by atoms with Crippen molar-refractivity contribution in [1.82, 2.24) is 10.9 Å². The van der Waals surface area contributed by atoms with Gasteiger partial charge in [0.2, 0.25) is 0 Å². The normalized spacial score (nSPS) is 10.1. The Balaban J connectivity index is 1.60. The average molecular weight is 394 g/mol. The van der Waals surface area contributed by atoms with E-state index in [2.05, 4.69) is 10.9 Å². The Labute approximate surface area is 176 Å². The molecule has 0 unspecified atom stereocenters. The maximum atomic E-state index is 13.1. The van der Waals surface area contributed by atoms with Gasteiger partial charge in [0.1, 0.15) is 0 Å². The van der Waals surface area contributed by atoms with Crippen molar-refractivity contribution >= 4 is 28.8 Å². The van der Waals surface area contributed by atoms with Crippen LogP contribution in [-0.4, -0.2) is 6.03 Å². The molecule has 0 atom stereocenters. The van der Waals surface area contributed by atoms with Crippen molar-refractivity contribution in [3.8, 4) is 0 Å². The number of rotatable bonds is 6. The maximum absolute atomic E-state index is 13.1. The van der Waals surface area contributed by atoms with Crippen molar-refractivity contribution in [2.75, 3.05) is 10.0 Å². The highest BCUT2D eigenvalue weighted by molar-refractivity contribution is 5.82. The molecule has 0 saturated carbocycles. The van der Waals surface area contributed by atoms with Gasteiger partial charge in [0, 0.05) is 0 Å². The van der Waals surface area contributed by atoms with Crippen molar-refractivity contribution in [1.29, 1.82) is 0 Å². The molecule has 2 N–H and O–H groups in total. The standard InChI is InChI=1S/C25H22N4O/c30-25(26-28(21-13-5-1-6-14-21)22-15-7-2-8-16-22)27-29(23-17-9-3-10-18-23)24-19-11-4-12-20-24/h1-20H,(H2,26,27,30). The first-order valence-electron chi connectivity index (χ1n) is 9.69. The molecule has 5 heteroatoms. The Kier molecular flexibility index (Phi) is 5.91. The highest BCUT2D eigenvalue weighted by Gasteiger charge is 2.16. The number of hydrazine groups is 2. The van der Waals surface area contributed by atoms with Gasteiger partial charge in [0.15, 0.2) is 0 Å². The van der Waals surface area contributed by atoms with E-state index >= 15 is 0 Å². The van der Waals surface area contributed by atoms with Gasteiger partial charge in [-0.15, -0.1) is 0 Å². The van der Waals surface area contributed by atoms with Crippen molar-refractivity contribution in [3.05, 3.63) is 121 Å². The lowest BCUT2D eigenvalue weighted by molar-refractivity contribution is 0.241. The largest absolute Gasteiger partial charge is 0.353 e. The van der Waals surface area contributed by atoms with Gasteiger partial charge in [0.05, 0.1) is 22.7 Å². The lowest BCUT2D eigenvalue weighted by atomic mass is 10.2. The Bertz CT molecular complexity index is 891. The molecule has 2 amide bonds. The summed E-state index contributed by atoms with van der Waals surface area (Å²) in [5.41, 5.74) is 9.33. The van der Waals surface area contributed by atoms with Crippen molar-refractivity contribution in [3.63, 3.8) is 0 Å². The van der Waals surface area contributed by atoms with E-state index in [4.69, 9.17) is 0 Å². The van der Waals surface area contributed by atoms with E-state index in [9.17, 15) is 4.79 Å². The monoisotopic (exact) mass is 394 g/mol. The van der Waals surface area contributed by atoms with E-state index in [1.165, 1.54) is 0 Å². The number of anilines is 4. The summed E-state index contributed by atoms with van der Waals surface area (Å²) in [5.74, 6) is 0. The van der Waals surface area contributed by atoms with Crippen LogP contribution >= 0.6 is 0 Å². The topological polar surface area (TPSA) is 47.6 Å². The number of para-hydroxylation sites is 4. The third-order valence-electron chi connectivity index (χ3n) is 4.48. The first-order chi connectivity index (χ1) is 14.8. The number of hydrogen-bond acceptors (Lipinski definition) is 3. The van der Waals surface area contributed by atoms with E-state index in [0.717, 1.165) is 22.7 Å². The zero-order valence-electron chi connectivity index (χ0n) is 16.3. The molecule has 5 nitrogen and oxygen atoms in total. The van der Waals surface area contributed by atoms with Gasteiger partial charge in [-0.3, -0.25) is 10.0 Å². The van der Waals surface area contributed by atoms with Crippen LogP contribution in [0.3, 0.4) is 0 Å². The van der Waals surface area contributed by atoms with Crippen molar-refractivity contribution in [2.45, 2.75) is 0 Å². The van der Waals surface area contributed by atoms with Gasteiger partial charge in [-0.25, -0.2) is 15.6 Å². The number of nitrogens with one attached hydrogen (secondary N) is 2. The molecule has 30 heavy (non-hydrogen) atoms. The highest BCUT2D eigenvalue weighted by Crippen LogP contribution is 2.24. The molecule has 148 valence electrons. The highest BCUT2D eigenvalue weighted by atomic mass is 16.2. The molecule has 4 rings (SSSR count). The molecule has 0 aliphatic carbocycles. The molecule has 0 spiro atoms. The van der Waals surface area contributed by atoms with Gasteiger partial charge in [-0.05, 0) is 48.5 Å². The number of benzene rings is 4. The van der Waals surface area contributed by atoms with Gasteiger partial charge >= 0.3 is 6.03 Å². The fraction of sp³-hybridized carbons (Fsp3) is 0. The molecule has 0 radical (unpaired) electrons. The number of carbonyl (C=O) groups excluding carboxylic acids is 1. The lowest BCUT2D eigenvalue weighted by Crippen LogP contribution is -2.50. The van der Waals surface area contributed by atoms with E-state index in [0.29, 0.717) is 0 Å². The predicted molar refractivity (Wildman–Crippen MR) is 122 cm³/mol. The molecule has 0 aliphatic heterocycles. The van der Waals surface area contributed by atoms with Crippen LogP contribution in [0.4, 0.5) is 27.5 Å². The summed E-state index contributed by atoms with van der Waals surface area (Å²) in [7, 11) is 0. The van der Waals surface area contributed by atoms with Gasteiger partial charge < -0.3 is 0 Å². The minimum atomic E-state index is -0.365. The van der Waals surface area contributed by atoms with Crippen LogP contribution in [0.25, 0.3) is 0 Å². The quantitative estimate of drug-likeness (QED) is 0.407. The van der Waals surface area contributed by atoms with E-state index in [-0.39, 0.29) is 6.03 Å². The molecule has 0 bridgehead atoms. The van der Waals surface area contributed by atoms with Crippen LogP contribution in [0.2, 0.25) is 0 Å². The second-order valence-electron chi connectivity index (χ2n) is 6.57. The fourth-order valence-electron chi connectivity index (χ4n) is 3.09. The molecule has 0 heterocycles. The second-order valence-corrected chi connectivity index (χ2v) is 6.57. The van der Waals surface area contributed by atoms with Crippen LogP contribution in [0.1, 0.15) is 0 Å². The van der Waals surface area contributed by atoms with E-state index < -0.39 is 0 Å². The average Bonchev–Trinajstić information content (AvgIpc) is 2.83. The smallest absolute Gasteiger partial charge is 0.252 e. The Morgan fingerprint density at radius 3 is 0.900 bits per heavy atom. The second kappa shape index (κ2) is 9.30. The first-order valence-corrected chi connectivity index (χ1v) is 9.69. The molecule has 4 aromatic carbocycles. The molecule has 4 aromatic rings. The molecular weight excluding hydrogens is 372 g/mol. The molecule has 0 fully saturated rings. The van der Waals surface area contributed by atoms with E-state index in [1.807, 2.05) is 121 Å². The number of nitrogens with zero attached hydrogens (tertiary/aromatic N) is 2. The van der Waals surface area contributed by atoms with Crippen LogP contribution in [0.15, 0.2) is 121 Å². The first kappa shape index (κ1) is 19.1. The third kappa shape index (κ3) is 4.59. The molecular formula is C25H22N4O. The summed E-state index contributed by atoms with van der Waals surface area (Å²) in [6.45, 7) is 0. The number of carbonyl (C=O) groups is 1. The number of urea groups is 1. The number of hydrogen-bond donors (Lipinski definition) is 2. The minimum Gasteiger partial charge on any atom is -0.252 e. The van der Waals surface area contributed by atoms with Gasteiger partial charge in [0.25, 0.3) is 0 Å². The summed E-state index contributed by atoms with van der Waals surface area (Å²) < 4.78 is 0. The Morgan fingerprint density at radius 2 is 0.667 bits per heavy atom. The Morgan fingerprint density at radius 1 is 0.433 bits per heavy atom. The van der Waals surface area contributed by atoms with E-state index in [1.54, 1.807) is 10.0 Å². The number of amides is 2. The fourth-order valence-corrected chi connectivity index (χ4v) is 3.09. The molecule has 0 saturated heterocycles. The van der Waals surface area contributed by atoms with Crippen LogP contribution < -0.4 is 20.9 Å². The van der Waals surface area contributed by atoms with Gasteiger partial charge in [-0.2, -0.15) is 0 Å². The maximum Gasteiger partial charge on any atom is 0.353 e. The third-order valence-corrected chi connectivity index (χ3v) is 4.48. The van der Waals surface area contributed by atoms with Crippen LogP contribution in [-0.2, 0) is 0 Å². The van der Waals surface area contributed by atoms with Gasteiger partial charge in [-0.1, -0.05) is 72.8 Å². The SMILES string of the molecule is O=C(NN(c1ccccc1)c1ccccc1)NN(c1ccccc1)c1ccccc1.